The van der Waals surface area contributed by atoms with Gasteiger partial charge in [0.15, 0.2) is 6.61 Å². The van der Waals surface area contributed by atoms with Crippen LogP contribution in [0.3, 0.4) is 0 Å². The van der Waals surface area contributed by atoms with E-state index in [2.05, 4.69) is 5.32 Å². The molecule has 2 aromatic carbocycles. The second kappa shape index (κ2) is 7.64. The Bertz CT molecular complexity index is 734. The number of para-hydroxylation sites is 1. The molecule has 0 aromatic heterocycles. The van der Waals surface area contributed by atoms with E-state index in [0.29, 0.717) is 11.3 Å². The molecule has 0 radical (unpaired) electrons. The highest BCUT2D eigenvalue weighted by Crippen LogP contribution is 2.22. The third-order valence-corrected chi connectivity index (χ3v) is 3.56. The third kappa shape index (κ3) is 4.35. The summed E-state index contributed by atoms with van der Waals surface area (Å²) in [4.78, 5) is 25.5. The van der Waals surface area contributed by atoms with Crippen LogP contribution in [0.1, 0.15) is 21.5 Å². The Balaban J connectivity index is 2.00. The molecule has 0 unspecified atom stereocenters. The fourth-order valence-corrected chi connectivity index (χ4v) is 2.35. The summed E-state index contributed by atoms with van der Waals surface area (Å²) in [5.74, 6) is 0.342. The summed E-state index contributed by atoms with van der Waals surface area (Å²) in [7, 11) is 3.37. The molecule has 5 heteroatoms. The molecule has 0 aliphatic carbocycles. The Morgan fingerprint density at radius 3 is 2.29 bits per heavy atom. The molecule has 0 aliphatic heterocycles. The lowest BCUT2D eigenvalue weighted by molar-refractivity contribution is -0.118. The molecule has 0 aliphatic rings. The zero-order chi connectivity index (χ0) is 17.7. The Morgan fingerprint density at radius 1 is 1.04 bits per heavy atom. The maximum Gasteiger partial charge on any atom is 0.262 e. The van der Waals surface area contributed by atoms with Gasteiger partial charge in [-0.05, 0) is 43.2 Å². The molecule has 0 atom stereocenters. The van der Waals surface area contributed by atoms with E-state index in [0.717, 1.165) is 16.9 Å². The van der Waals surface area contributed by atoms with Crippen molar-refractivity contribution >= 4 is 17.5 Å². The fraction of sp³-hybridized carbons (Fsp3) is 0.263. The molecule has 0 spiro atoms. The summed E-state index contributed by atoms with van der Waals surface area (Å²) in [6.45, 7) is 3.80. The lowest BCUT2D eigenvalue weighted by Crippen LogP contribution is -2.23. The van der Waals surface area contributed by atoms with Gasteiger partial charge in [-0.1, -0.05) is 24.3 Å². The largest absolute Gasteiger partial charge is 0.483 e. The zero-order valence-corrected chi connectivity index (χ0v) is 14.4. The second-order valence-electron chi connectivity index (χ2n) is 5.84. The quantitative estimate of drug-likeness (QED) is 0.919. The van der Waals surface area contributed by atoms with Crippen molar-refractivity contribution in [3.63, 3.8) is 0 Å². The van der Waals surface area contributed by atoms with Gasteiger partial charge in [0, 0.05) is 25.3 Å². The lowest BCUT2D eigenvalue weighted by atomic mass is 10.1. The SMILES string of the molecule is Cc1cccc(C)c1OCC(=O)Nc1cccc(C(=O)N(C)C)c1. The van der Waals surface area contributed by atoms with E-state index in [1.54, 1.807) is 38.4 Å². The molecule has 2 aromatic rings. The molecular weight excluding hydrogens is 304 g/mol. The number of hydrogen-bond acceptors (Lipinski definition) is 3. The van der Waals surface area contributed by atoms with Crippen LogP contribution in [0.5, 0.6) is 5.75 Å². The number of nitrogens with one attached hydrogen (secondary N) is 1. The summed E-state index contributed by atoms with van der Waals surface area (Å²) < 4.78 is 5.63. The minimum absolute atomic E-state index is 0.0858. The van der Waals surface area contributed by atoms with Gasteiger partial charge < -0.3 is 15.0 Å². The third-order valence-electron chi connectivity index (χ3n) is 3.56. The van der Waals surface area contributed by atoms with E-state index in [4.69, 9.17) is 4.74 Å². The van der Waals surface area contributed by atoms with Crippen LogP contribution in [0.4, 0.5) is 5.69 Å². The van der Waals surface area contributed by atoms with E-state index in [1.807, 2.05) is 32.0 Å². The number of ether oxygens (including phenoxy) is 1. The van der Waals surface area contributed by atoms with Crippen molar-refractivity contribution in [2.45, 2.75) is 13.8 Å². The van der Waals surface area contributed by atoms with Crippen LogP contribution in [0.2, 0.25) is 0 Å². The first kappa shape index (κ1) is 17.5. The van der Waals surface area contributed by atoms with Gasteiger partial charge in [0.25, 0.3) is 11.8 Å². The molecule has 24 heavy (non-hydrogen) atoms. The van der Waals surface area contributed by atoms with Gasteiger partial charge in [-0.15, -0.1) is 0 Å². The molecule has 0 bridgehead atoms. The van der Waals surface area contributed by atoms with Crippen LogP contribution >= 0.6 is 0 Å². The summed E-state index contributed by atoms with van der Waals surface area (Å²) >= 11 is 0. The zero-order valence-electron chi connectivity index (χ0n) is 14.4. The first-order valence-electron chi connectivity index (χ1n) is 7.69. The molecule has 0 saturated heterocycles. The number of carbonyl (C=O) groups excluding carboxylic acids is 2. The highest BCUT2D eigenvalue weighted by Gasteiger charge is 2.11. The molecule has 126 valence electrons. The second-order valence-corrected chi connectivity index (χ2v) is 5.84. The molecule has 0 heterocycles. The van der Waals surface area contributed by atoms with Gasteiger partial charge >= 0.3 is 0 Å². The first-order chi connectivity index (χ1) is 11.4. The monoisotopic (exact) mass is 326 g/mol. The van der Waals surface area contributed by atoms with Gasteiger partial charge in [-0.3, -0.25) is 9.59 Å². The van der Waals surface area contributed by atoms with Gasteiger partial charge in [-0.25, -0.2) is 0 Å². The minimum Gasteiger partial charge on any atom is -0.483 e. The van der Waals surface area contributed by atoms with Crippen molar-refractivity contribution in [3.8, 4) is 5.75 Å². The normalized spacial score (nSPS) is 10.2. The van der Waals surface area contributed by atoms with Crippen LogP contribution in [0.15, 0.2) is 42.5 Å². The van der Waals surface area contributed by atoms with Gasteiger partial charge in [0.05, 0.1) is 0 Å². The van der Waals surface area contributed by atoms with E-state index in [-0.39, 0.29) is 18.4 Å². The maximum atomic E-state index is 12.1. The van der Waals surface area contributed by atoms with Crippen LogP contribution in [0, 0.1) is 13.8 Å². The molecule has 5 nitrogen and oxygen atoms in total. The Morgan fingerprint density at radius 2 is 1.67 bits per heavy atom. The van der Waals surface area contributed by atoms with Crippen molar-refractivity contribution in [2.75, 3.05) is 26.0 Å². The lowest BCUT2D eigenvalue weighted by Gasteiger charge is -2.13. The first-order valence-corrected chi connectivity index (χ1v) is 7.69. The molecule has 2 rings (SSSR count). The number of aryl methyl sites for hydroxylation is 2. The predicted octanol–water partition coefficient (Wildman–Crippen LogP) is 3.02. The van der Waals surface area contributed by atoms with E-state index >= 15 is 0 Å². The fourth-order valence-electron chi connectivity index (χ4n) is 2.35. The van der Waals surface area contributed by atoms with E-state index in [1.165, 1.54) is 4.90 Å². The summed E-state index contributed by atoms with van der Waals surface area (Å²) in [6, 6.07) is 12.7. The smallest absolute Gasteiger partial charge is 0.262 e. The number of nitrogens with zero attached hydrogens (tertiary/aromatic N) is 1. The minimum atomic E-state index is -0.271. The average molecular weight is 326 g/mol. The molecule has 1 N–H and O–H groups in total. The van der Waals surface area contributed by atoms with Gasteiger partial charge in [0.1, 0.15) is 5.75 Å². The van der Waals surface area contributed by atoms with Crippen molar-refractivity contribution in [1.29, 1.82) is 0 Å². The Kier molecular flexibility index (Phi) is 5.58. The number of hydrogen-bond donors (Lipinski definition) is 1. The standard InChI is InChI=1S/C19H22N2O3/c1-13-7-5-8-14(2)18(13)24-12-17(22)20-16-10-6-9-15(11-16)19(23)21(3)4/h5-11H,12H2,1-4H3,(H,20,22). The van der Waals surface area contributed by atoms with Crippen molar-refractivity contribution in [1.82, 2.24) is 4.90 Å². The van der Waals surface area contributed by atoms with Gasteiger partial charge in [-0.2, -0.15) is 0 Å². The van der Waals surface area contributed by atoms with E-state index < -0.39 is 0 Å². The topological polar surface area (TPSA) is 58.6 Å². The Hall–Kier alpha value is -2.82. The molecule has 2 amide bonds. The number of rotatable bonds is 5. The van der Waals surface area contributed by atoms with Crippen molar-refractivity contribution < 1.29 is 14.3 Å². The molecule has 0 fully saturated rings. The van der Waals surface area contributed by atoms with Crippen molar-refractivity contribution in [3.05, 3.63) is 59.2 Å². The Labute approximate surface area is 142 Å². The van der Waals surface area contributed by atoms with Crippen LogP contribution in [-0.4, -0.2) is 37.4 Å². The number of anilines is 1. The summed E-state index contributed by atoms with van der Waals surface area (Å²) in [5.41, 5.74) is 3.06. The summed E-state index contributed by atoms with van der Waals surface area (Å²) in [6.07, 6.45) is 0. The maximum absolute atomic E-state index is 12.1. The van der Waals surface area contributed by atoms with Crippen LogP contribution < -0.4 is 10.1 Å². The van der Waals surface area contributed by atoms with Crippen molar-refractivity contribution in [2.24, 2.45) is 0 Å². The molecule has 0 saturated carbocycles. The summed E-state index contributed by atoms with van der Waals surface area (Å²) in [5, 5.41) is 2.75. The van der Waals surface area contributed by atoms with Gasteiger partial charge in [0.2, 0.25) is 0 Å². The van der Waals surface area contributed by atoms with Crippen LogP contribution in [0.25, 0.3) is 0 Å². The van der Waals surface area contributed by atoms with E-state index in [9.17, 15) is 9.59 Å². The average Bonchev–Trinajstić information content (AvgIpc) is 2.53. The highest BCUT2D eigenvalue weighted by atomic mass is 16.5. The predicted molar refractivity (Wildman–Crippen MR) is 94.5 cm³/mol. The molecular formula is C19H22N2O3. The number of carbonyl (C=O) groups is 2. The highest BCUT2D eigenvalue weighted by molar-refractivity contribution is 5.97. The van der Waals surface area contributed by atoms with Crippen LogP contribution in [-0.2, 0) is 4.79 Å². The number of benzene rings is 2. The number of amides is 2.